The first-order valence-corrected chi connectivity index (χ1v) is 10.5. The summed E-state index contributed by atoms with van der Waals surface area (Å²) in [5.74, 6) is 0. The third-order valence-corrected chi connectivity index (χ3v) is 9.25. The second-order valence-electron chi connectivity index (χ2n) is 3.93. The van der Waals surface area contributed by atoms with E-state index in [4.69, 9.17) is 0 Å². The number of hydrogen-bond acceptors (Lipinski definition) is 0. The zero-order valence-corrected chi connectivity index (χ0v) is 14.7. The molecule has 1 aromatic rings. The van der Waals surface area contributed by atoms with Gasteiger partial charge in [-0.25, -0.2) is 0 Å². The molecular formula is C15H20SeTe. The van der Waals surface area contributed by atoms with E-state index in [1.165, 1.54) is 27.3 Å². The van der Waals surface area contributed by atoms with E-state index in [-0.39, 0.29) is 20.9 Å². The predicted molar refractivity (Wildman–Crippen MR) is 80.2 cm³/mol. The number of benzene rings is 1. The molecular weight excluding hydrogens is 387 g/mol. The van der Waals surface area contributed by atoms with Crippen LogP contribution < -0.4 is 4.46 Å². The van der Waals surface area contributed by atoms with Gasteiger partial charge in [-0.15, -0.1) is 0 Å². The minimum atomic E-state index is 0.0374. The first-order chi connectivity index (χ1) is 8.22. The molecule has 0 N–H and O–H groups in total. The van der Waals surface area contributed by atoms with Gasteiger partial charge in [-0.3, -0.25) is 0 Å². The van der Waals surface area contributed by atoms with Crippen LogP contribution in [-0.4, -0.2) is 35.9 Å². The topological polar surface area (TPSA) is 0 Å². The van der Waals surface area contributed by atoms with Crippen LogP contribution in [0.1, 0.15) is 26.7 Å². The Kier molecular flexibility index (Phi) is 7.98. The number of allylic oxidation sites excluding steroid dienone is 2. The van der Waals surface area contributed by atoms with Gasteiger partial charge in [-0.05, 0) is 0 Å². The number of unbranched alkanes of at least 4 members (excludes halogenated alkanes) is 1. The van der Waals surface area contributed by atoms with E-state index in [0.717, 1.165) is 0 Å². The molecule has 0 radical (unpaired) electrons. The molecule has 1 rings (SSSR count). The van der Waals surface area contributed by atoms with E-state index >= 15 is 0 Å². The molecule has 0 heterocycles. The Labute approximate surface area is 122 Å². The molecule has 0 unspecified atom stereocenters. The van der Waals surface area contributed by atoms with Crippen molar-refractivity contribution in [1.29, 1.82) is 0 Å². The summed E-state index contributed by atoms with van der Waals surface area (Å²) in [5, 5.41) is 0. The normalized spacial score (nSPS) is 11.5. The average molecular weight is 407 g/mol. The van der Waals surface area contributed by atoms with Gasteiger partial charge in [0.1, 0.15) is 0 Å². The Balaban J connectivity index is 2.61. The zero-order valence-electron chi connectivity index (χ0n) is 10.6. The fourth-order valence-corrected chi connectivity index (χ4v) is 9.09. The van der Waals surface area contributed by atoms with Crippen molar-refractivity contribution in [2.75, 3.05) is 0 Å². The Hall–Kier alpha value is 0.00909. The zero-order chi connectivity index (χ0) is 12.5. The summed E-state index contributed by atoms with van der Waals surface area (Å²) in [7, 11) is 0. The van der Waals surface area contributed by atoms with Gasteiger partial charge in [0.25, 0.3) is 0 Å². The second-order valence-corrected chi connectivity index (χ2v) is 11.3. The van der Waals surface area contributed by atoms with Crippen LogP contribution in [0.4, 0.5) is 0 Å². The third kappa shape index (κ3) is 7.12. The molecule has 0 amide bonds. The molecule has 0 nitrogen and oxygen atoms in total. The van der Waals surface area contributed by atoms with Crippen molar-refractivity contribution in [2.45, 2.75) is 31.2 Å². The van der Waals surface area contributed by atoms with Gasteiger partial charge in [-0.1, -0.05) is 0 Å². The SMILES string of the molecule is C=C(C)/C=C(/[Se]c1ccccc1)[Te]CCCC. The summed E-state index contributed by atoms with van der Waals surface area (Å²) in [4.78, 5) is 0. The van der Waals surface area contributed by atoms with Crippen molar-refractivity contribution >= 4 is 40.3 Å². The molecule has 0 saturated heterocycles. The molecule has 0 bridgehead atoms. The van der Waals surface area contributed by atoms with Gasteiger partial charge in [0.05, 0.1) is 0 Å². The maximum absolute atomic E-state index is 4.02. The molecule has 2 heteroatoms. The molecule has 0 aliphatic carbocycles. The van der Waals surface area contributed by atoms with Gasteiger partial charge in [0, 0.05) is 0 Å². The molecule has 17 heavy (non-hydrogen) atoms. The predicted octanol–water partition coefficient (Wildman–Crippen LogP) is 3.36. The standard InChI is InChI=1S/C15H20SeTe/c1-4-5-11-17-15(12-13(2)3)16-14-9-7-6-8-10-14/h6-10,12H,2,4-5,11H2,1,3H3/b15-12-. The van der Waals surface area contributed by atoms with Gasteiger partial charge in [0.2, 0.25) is 0 Å². The second kappa shape index (κ2) is 9.01. The van der Waals surface area contributed by atoms with Gasteiger partial charge >= 0.3 is 123 Å². The summed E-state index contributed by atoms with van der Waals surface area (Å²) < 4.78 is 4.64. The van der Waals surface area contributed by atoms with Gasteiger partial charge < -0.3 is 0 Å². The fourth-order valence-electron chi connectivity index (χ4n) is 1.22. The summed E-state index contributed by atoms with van der Waals surface area (Å²) >= 11 is 0.561. The molecule has 0 aliphatic rings. The Morgan fingerprint density at radius 2 is 2.06 bits per heavy atom. The molecule has 0 aliphatic heterocycles. The van der Waals surface area contributed by atoms with Crippen LogP contribution in [0, 0.1) is 0 Å². The van der Waals surface area contributed by atoms with Crippen LogP contribution in [0.3, 0.4) is 0 Å². The first-order valence-electron chi connectivity index (χ1n) is 5.95. The molecule has 0 saturated carbocycles. The monoisotopic (exact) mass is 410 g/mol. The van der Waals surface area contributed by atoms with Crippen molar-refractivity contribution in [3.8, 4) is 0 Å². The van der Waals surface area contributed by atoms with E-state index in [1.807, 2.05) is 0 Å². The van der Waals surface area contributed by atoms with Crippen molar-refractivity contribution in [2.24, 2.45) is 0 Å². The molecule has 92 valence electrons. The summed E-state index contributed by atoms with van der Waals surface area (Å²) in [5.41, 5.74) is 1.21. The molecule has 1 aromatic carbocycles. The van der Waals surface area contributed by atoms with Crippen LogP contribution in [-0.2, 0) is 0 Å². The maximum atomic E-state index is 4.02. The Bertz CT molecular complexity index is 368. The number of rotatable bonds is 7. The number of hydrogen-bond donors (Lipinski definition) is 0. The van der Waals surface area contributed by atoms with Crippen LogP contribution in [0.5, 0.6) is 0 Å². The van der Waals surface area contributed by atoms with Crippen molar-refractivity contribution in [1.82, 2.24) is 0 Å². The summed E-state index contributed by atoms with van der Waals surface area (Å²) in [6.07, 6.45) is 5.05. The van der Waals surface area contributed by atoms with Crippen molar-refractivity contribution < 1.29 is 0 Å². The summed E-state index contributed by atoms with van der Waals surface area (Å²) in [6, 6.07) is 10.9. The molecule has 0 fully saturated rings. The van der Waals surface area contributed by atoms with E-state index in [2.05, 4.69) is 56.8 Å². The third-order valence-electron chi connectivity index (χ3n) is 2.07. The Morgan fingerprint density at radius 1 is 1.35 bits per heavy atom. The van der Waals surface area contributed by atoms with Gasteiger partial charge in [0.15, 0.2) is 0 Å². The van der Waals surface area contributed by atoms with Gasteiger partial charge in [-0.2, -0.15) is 0 Å². The van der Waals surface area contributed by atoms with Crippen molar-refractivity contribution in [3.63, 3.8) is 0 Å². The average Bonchev–Trinajstić information content (AvgIpc) is 2.30. The van der Waals surface area contributed by atoms with Crippen LogP contribution >= 0.6 is 0 Å². The van der Waals surface area contributed by atoms with E-state index in [0.29, 0.717) is 15.0 Å². The molecule has 0 spiro atoms. The first kappa shape index (κ1) is 15.1. The fraction of sp³-hybridized carbons (Fsp3) is 0.333. The van der Waals surface area contributed by atoms with E-state index in [9.17, 15) is 0 Å². The van der Waals surface area contributed by atoms with Crippen LogP contribution in [0.15, 0.2) is 51.1 Å². The van der Waals surface area contributed by atoms with Crippen LogP contribution in [0.25, 0.3) is 0 Å². The summed E-state index contributed by atoms with van der Waals surface area (Å²) in [6.45, 7) is 8.40. The quantitative estimate of drug-likeness (QED) is 0.370. The minimum absolute atomic E-state index is 0.0374. The van der Waals surface area contributed by atoms with E-state index in [1.54, 1.807) is 2.52 Å². The molecule has 0 aromatic heterocycles. The van der Waals surface area contributed by atoms with Crippen molar-refractivity contribution in [3.05, 3.63) is 51.1 Å². The van der Waals surface area contributed by atoms with E-state index < -0.39 is 0 Å². The Morgan fingerprint density at radius 3 is 2.65 bits per heavy atom. The van der Waals surface area contributed by atoms with Crippen LogP contribution in [0.2, 0.25) is 4.47 Å². The molecule has 0 atom stereocenters.